The number of benzene rings is 2. The summed E-state index contributed by atoms with van der Waals surface area (Å²) in [5.41, 5.74) is 5.35. The van der Waals surface area contributed by atoms with Crippen LogP contribution in [0, 0.1) is 12.8 Å². The molecule has 0 atom stereocenters. The van der Waals surface area contributed by atoms with E-state index in [0.717, 1.165) is 49.3 Å². The van der Waals surface area contributed by atoms with Gasteiger partial charge >= 0.3 is 0 Å². The van der Waals surface area contributed by atoms with Crippen molar-refractivity contribution in [1.82, 2.24) is 19.5 Å². The Labute approximate surface area is 182 Å². The zero-order valence-electron chi connectivity index (χ0n) is 17.7. The first-order valence-electron chi connectivity index (χ1n) is 10.9. The molecule has 0 saturated carbocycles. The van der Waals surface area contributed by atoms with Gasteiger partial charge in [0.2, 0.25) is 0 Å². The zero-order valence-corrected chi connectivity index (χ0v) is 17.7. The summed E-state index contributed by atoms with van der Waals surface area (Å²) < 4.78 is 1.70. The molecule has 2 aromatic heterocycles. The second kappa shape index (κ2) is 8.34. The van der Waals surface area contributed by atoms with Gasteiger partial charge in [-0.1, -0.05) is 60.7 Å². The molecule has 4 aromatic rings. The van der Waals surface area contributed by atoms with E-state index in [1.165, 1.54) is 5.56 Å². The summed E-state index contributed by atoms with van der Waals surface area (Å²) in [6, 6.07) is 24.4. The zero-order chi connectivity index (χ0) is 21.2. The van der Waals surface area contributed by atoms with E-state index in [9.17, 15) is 4.79 Å². The average molecular weight is 411 g/mol. The van der Waals surface area contributed by atoms with Crippen LogP contribution in [0.5, 0.6) is 0 Å². The molecule has 3 heterocycles. The van der Waals surface area contributed by atoms with Gasteiger partial charge in [0.1, 0.15) is 5.69 Å². The molecule has 0 unspecified atom stereocenters. The first-order valence-corrected chi connectivity index (χ1v) is 10.9. The lowest BCUT2D eigenvalue weighted by Crippen LogP contribution is -2.39. The minimum Gasteiger partial charge on any atom is -0.337 e. The number of likely N-dealkylation sites (tertiary alicyclic amines) is 1. The average Bonchev–Trinajstić information content (AvgIpc) is 3.24. The molecule has 1 fully saturated rings. The normalized spacial score (nSPS) is 14.8. The van der Waals surface area contributed by atoms with Crippen molar-refractivity contribution < 1.29 is 4.79 Å². The molecular formula is C26H26N4O. The summed E-state index contributed by atoms with van der Waals surface area (Å²) in [5.74, 6) is 0.663. The number of nitrogens with zero attached hydrogens (tertiary/aromatic N) is 4. The van der Waals surface area contributed by atoms with E-state index in [2.05, 4.69) is 35.3 Å². The Morgan fingerprint density at radius 1 is 0.968 bits per heavy atom. The fourth-order valence-electron chi connectivity index (χ4n) is 4.45. The molecular weight excluding hydrogens is 384 g/mol. The van der Waals surface area contributed by atoms with Gasteiger partial charge in [0.25, 0.3) is 5.91 Å². The number of piperidine rings is 1. The predicted molar refractivity (Wildman–Crippen MR) is 122 cm³/mol. The molecule has 5 rings (SSSR count). The quantitative estimate of drug-likeness (QED) is 0.486. The largest absolute Gasteiger partial charge is 0.337 e. The van der Waals surface area contributed by atoms with E-state index in [1.807, 2.05) is 54.3 Å². The molecule has 0 bridgehead atoms. The number of aryl methyl sites for hydroxylation is 1. The maximum Gasteiger partial charge on any atom is 0.272 e. The van der Waals surface area contributed by atoms with Crippen molar-refractivity contribution in [3.63, 3.8) is 0 Å². The minimum atomic E-state index is 0.0383. The van der Waals surface area contributed by atoms with Crippen LogP contribution in [0.2, 0.25) is 0 Å². The van der Waals surface area contributed by atoms with E-state index < -0.39 is 0 Å². The fraction of sp³-hybridized carbons (Fsp3) is 0.269. The van der Waals surface area contributed by atoms with E-state index in [4.69, 9.17) is 5.10 Å². The van der Waals surface area contributed by atoms with Crippen LogP contribution >= 0.6 is 0 Å². The SMILES string of the molecule is Cc1cc(C(=O)N2CCC(Cc3ccccc3)CC2)n2nc(-c3ccccc3)cc2n1. The van der Waals surface area contributed by atoms with Gasteiger partial charge in [-0.25, -0.2) is 9.50 Å². The van der Waals surface area contributed by atoms with Gasteiger partial charge in [-0.2, -0.15) is 5.10 Å². The summed E-state index contributed by atoms with van der Waals surface area (Å²) in [4.78, 5) is 20.0. The lowest BCUT2D eigenvalue weighted by molar-refractivity contribution is 0.0681. The second-order valence-corrected chi connectivity index (χ2v) is 8.37. The molecule has 0 radical (unpaired) electrons. The minimum absolute atomic E-state index is 0.0383. The van der Waals surface area contributed by atoms with Gasteiger partial charge in [-0.05, 0) is 43.7 Å². The first kappa shape index (κ1) is 19.5. The van der Waals surface area contributed by atoms with Crippen LogP contribution in [0.3, 0.4) is 0 Å². The van der Waals surface area contributed by atoms with Gasteiger partial charge in [0, 0.05) is 30.4 Å². The summed E-state index contributed by atoms with van der Waals surface area (Å²) in [7, 11) is 0. The molecule has 5 nitrogen and oxygen atoms in total. The van der Waals surface area contributed by atoms with Gasteiger partial charge in [-0.15, -0.1) is 0 Å². The van der Waals surface area contributed by atoms with Crippen LogP contribution in [0.15, 0.2) is 72.8 Å². The van der Waals surface area contributed by atoms with E-state index in [1.54, 1.807) is 4.52 Å². The van der Waals surface area contributed by atoms with Crippen LogP contribution in [0.4, 0.5) is 0 Å². The van der Waals surface area contributed by atoms with Crippen molar-refractivity contribution in [1.29, 1.82) is 0 Å². The highest BCUT2D eigenvalue weighted by Crippen LogP contribution is 2.24. The molecule has 31 heavy (non-hydrogen) atoms. The first-order chi connectivity index (χ1) is 15.2. The van der Waals surface area contributed by atoms with E-state index >= 15 is 0 Å². The third-order valence-corrected chi connectivity index (χ3v) is 6.11. The van der Waals surface area contributed by atoms with Gasteiger partial charge < -0.3 is 4.90 Å². The van der Waals surface area contributed by atoms with Crippen molar-refractivity contribution in [3.05, 3.63) is 89.7 Å². The summed E-state index contributed by atoms with van der Waals surface area (Å²) >= 11 is 0. The summed E-state index contributed by atoms with van der Waals surface area (Å²) in [5, 5.41) is 4.72. The highest BCUT2D eigenvalue weighted by molar-refractivity contribution is 5.93. The van der Waals surface area contributed by atoms with Crippen LogP contribution in [-0.4, -0.2) is 38.5 Å². The second-order valence-electron chi connectivity index (χ2n) is 8.37. The highest BCUT2D eigenvalue weighted by Gasteiger charge is 2.26. The smallest absolute Gasteiger partial charge is 0.272 e. The van der Waals surface area contributed by atoms with Crippen LogP contribution in [-0.2, 0) is 6.42 Å². The molecule has 1 aliphatic rings. The lowest BCUT2D eigenvalue weighted by atomic mass is 9.90. The van der Waals surface area contributed by atoms with Crippen LogP contribution in [0.25, 0.3) is 16.9 Å². The Morgan fingerprint density at radius 2 is 1.65 bits per heavy atom. The molecule has 156 valence electrons. The Balaban J connectivity index is 1.36. The van der Waals surface area contributed by atoms with Crippen LogP contribution < -0.4 is 0 Å². The lowest BCUT2D eigenvalue weighted by Gasteiger charge is -2.32. The van der Waals surface area contributed by atoms with E-state index in [-0.39, 0.29) is 5.91 Å². The van der Waals surface area contributed by atoms with Crippen molar-refractivity contribution in [2.24, 2.45) is 5.92 Å². The maximum atomic E-state index is 13.4. The third kappa shape index (κ3) is 4.08. The topological polar surface area (TPSA) is 50.5 Å². The Morgan fingerprint density at radius 3 is 2.35 bits per heavy atom. The number of carbonyl (C=O) groups excluding carboxylic acids is 1. The maximum absolute atomic E-state index is 13.4. The van der Waals surface area contributed by atoms with Crippen molar-refractivity contribution >= 4 is 11.6 Å². The summed E-state index contributed by atoms with van der Waals surface area (Å²) in [6.45, 7) is 3.50. The number of rotatable bonds is 4. The van der Waals surface area contributed by atoms with Crippen molar-refractivity contribution in [2.45, 2.75) is 26.2 Å². The van der Waals surface area contributed by atoms with Gasteiger partial charge in [0.15, 0.2) is 5.65 Å². The Bertz CT molecular complexity index is 1190. The van der Waals surface area contributed by atoms with Gasteiger partial charge in [0.05, 0.1) is 5.69 Å². The molecule has 1 amide bonds. The van der Waals surface area contributed by atoms with Gasteiger partial charge in [-0.3, -0.25) is 4.79 Å². The third-order valence-electron chi connectivity index (χ3n) is 6.11. The number of hydrogen-bond acceptors (Lipinski definition) is 3. The number of hydrogen-bond donors (Lipinski definition) is 0. The van der Waals surface area contributed by atoms with Crippen LogP contribution in [0.1, 0.15) is 34.6 Å². The molecule has 2 aromatic carbocycles. The molecule has 0 aliphatic carbocycles. The highest BCUT2D eigenvalue weighted by atomic mass is 16.2. The number of amides is 1. The Hall–Kier alpha value is -3.47. The molecule has 0 N–H and O–H groups in total. The number of aromatic nitrogens is 3. The van der Waals surface area contributed by atoms with E-state index in [0.29, 0.717) is 17.3 Å². The summed E-state index contributed by atoms with van der Waals surface area (Å²) in [6.07, 6.45) is 3.14. The molecule has 5 heteroatoms. The number of fused-ring (bicyclic) bond motifs is 1. The van der Waals surface area contributed by atoms with Crippen molar-refractivity contribution in [3.8, 4) is 11.3 Å². The molecule has 1 saturated heterocycles. The molecule has 0 spiro atoms. The molecule has 1 aliphatic heterocycles. The van der Waals surface area contributed by atoms with Crippen molar-refractivity contribution in [2.75, 3.05) is 13.1 Å². The predicted octanol–water partition coefficient (Wildman–Crippen LogP) is 4.80. The number of carbonyl (C=O) groups is 1. The Kier molecular flexibility index (Phi) is 5.24. The standard InChI is InChI=1S/C26H26N4O/c1-19-16-24(30-25(27-19)18-23(28-30)22-10-6-3-7-11-22)26(31)29-14-12-21(13-15-29)17-20-8-4-2-5-9-20/h2-11,16,18,21H,12-15,17H2,1H3. The monoisotopic (exact) mass is 410 g/mol. The fourth-order valence-corrected chi connectivity index (χ4v) is 4.45.